The van der Waals surface area contributed by atoms with Crippen LogP contribution in [0.5, 0.6) is 0 Å². The van der Waals surface area contributed by atoms with Crippen LogP contribution in [0.25, 0.3) is 11.1 Å². The second-order valence-corrected chi connectivity index (χ2v) is 8.68. The largest absolute Gasteiger partial charge is 0.480 e. The second-order valence-electron chi connectivity index (χ2n) is 8.68. The fraction of sp³-hybridized carbons (Fsp3) is 0.370. The Hall–Kier alpha value is -3.79. The van der Waals surface area contributed by atoms with E-state index < -0.39 is 30.1 Å². The average Bonchev–Trinajstić information content (AvgIpc) is 3.13. The van der Waals surface area contributed by atoms with Crippen molar-refractivity contribution in [3.8, 4) is 23.0 Å². The Morgan fingerprint density at radius 3 is 2.09 bits per heavy atom. The number of benzene rings is 2. The van der Waals surface area contributed by atoms with Crippen molar-refractivity contribution in [3.05, 3.63) is 59.7 Å². The van der Waals surface area contributed by atoms with E-state index in [-0.39, 0.29) is 24.9 Å². The van der Waals surface area contributed by atoms with E-state index in [4.69, 9.17) is 4.74 Å². The third kappa shape index (κ3) is 5.96. The molecule has 0 aromatic heterocycles. The summed E-state index contributed by atoms with van der Waals surface area (Å²) < 4.78 is 5.55. The predicted octanol–water partition coefficient (Wildman–Crippen LogP) is 3.92. The molecule has 1 aliphatic carbocycles. The van der Waals surface area contributed by atoms with Crippen molar-refractivity contribution in [1.82, 2.24) is 10.6 Å². The summed E-state index contributed by atoms with van der Waals surface area (Å²) in [6.45, 7) is 5.55. The smallest absolute Gasteiger partial charge is 0.407 e. The van der Waals surface area contributed by atoms with E-state index in [1.165, 1.54) is 0 Å². The Bertz CT molecular complexity index is 1070. The standard InChI is InChI=1S/C27H30N2O5/c1-4-5-14-23(26(31)32)28-25(30)24(15-17(2)3)29-27(33)34-16-22-20-12-8-6-10-18(20)19-11-7-9-13-21(19)22/h6-13,17,22-24H,14-16H2,1-3H3,(H,28,30)(H,29,33)(H,31,32). The molecule has 7 nitrogen and oxygen atoms in total. The van der Waals surface area contributed by atoms with Crippen molar-refractivity contribution in [2.45, 2.75) is 51.6 Å². The van der Waals surface area contributed by atoms with Crippen LogP contribution < -0.4 is 10.6 Å². The molecule has 2 aromatic rings. The van der Waals surface area contributed by atoms with Gasteiger partial charge in [0.05, 0.1) is 0 Å². The van der Waals surface area contributed by atoms with Gasteiger partial charge in [-0.1, -0.05) is 62.4 Å². The number of carbonyl (C=O) groups is 3. The summed E-state index contributed by atoms with van der Waals surface area (Å²) in [6, 6.07) is 14.0. The third-order valence-electron chi connectivity index (χ3n) is 5.76. The molecule has 2 amide bonds. The van der Waals surface area contributed by atoms with Gasteiger partial charge < -0.3 is 20.5 Å². The number of hydrogen-bond acceptors (Lipinski definition) is 4. The van der Waals surface area contributed by atoms with Gasteiger partial charge in [-0.05, 0) is 41.5 Å². The minimum Gasteiger partial charge on any atom is -0.480 e. The van der Waals surface area contributed by atoms with E-state index in [1.54, 1.807) is 6.92 Å². The Morgan fingerprint density at radius 2 is 1.56 bits per heavy atom. The first-order valence-electron chi connectivity index (χ1n) is 11.4. The maximum Gasteiger partial charge on any atom is 0.407 e. The highest BCUT2D eigenvalue weighted by molar-refractivity contribution is 5.89. The number of ether oxygens (including phenoxy) is 1. The summed E-state index contributed by atoms with van der Waals surface area (Å²) in [5.74, 6) is 3.52. The zero-order valence-electron chi connectivity index (χ0n) is 19.6. The fourth-order valence-corrected chi connectivity index (χ4v) is 4.16. The molecule has 0 radical (unpaired) electrons. The van der Waals surface area contributed by atoms with Crippen molar-refractivity contribution in [2.24, 2.45) is 5.92 Å². The molecule has 0 fully saturated rings. The van der Waals surface area contributed by atoms with E-state index in [0.29, 0.717) is 6.42 Å². The van der Waals surface area contributed by atoms with Crippen LogP contribution in [-0.2, 0) is 14.3 Å². The number of carbonyl (C=O) groups excluding carboxylic acids is 2. The van der Waals surface area contributed by atoms with Gasteiger partial charge in [-0.2, -0.15) is 0 Å². The normalized spacial score (nSPS) is 13.6. The number of nitrogens with one attached hydrogen (secondary N) is 2. The van der Waals surface area contributed by atoms with Gasteiger partial charge in [-0.25, -0.2) is 9.59 Å². The number of carboxylic acid groups (broad SMARTS) is 1. The van der Waals surface area contributed by atoms with Crippen molar-refractivity contribution in [3.63, 3.8) is 0 Å². The van der Waals surface area contributed by atoms with Crippen molar-refractivity contribution in [1.29, 1.82) is 0 Å². The van der Waals surface area contributed by atoms with E-state index in [2.05, 4.69) is 34.6 Å². The topological polar surface area (TPSA) is 105 Å². The Morgan fingerprint density at radius 1 is 0.971 bits per heavy atom. The van der Waals surface area contributed by atoms with Crippen LogP contribution >= 0.6 is 0 Å². The molecule has 0 saturated carbocycles. The zero-order valence-corrected chi connectivity index (χ0v) is 19.6. The lowest BCUT2D eigenvalue weighted by Gasteiger charge is -2.22. The minimum absolute atomic E-state index is 0.0169. The van der Waals surface area contributed by atoms with Gasteiger partial charge in [-0.3, -0.25) is 4.79 Å². The molecule has 1 aliphatic rings. The van der Waals surface area contributed by atoms with Crippen molar-refractivity contribution >= 4 is 18.0 Å². The summed E-state index contributed by atoms with van der Waals surface area (Å²) in [4.78, 5) is 36.9. The maximum absolute atomic E-state index is 12.8. The molecule has 3 N–H and O–H groups in total. The SMILES string of the molecule is CC#CCC(NC(=O)C(CC(C)C)NC(=O)OCC1c2ccccc2-c2ccccc21)C(=O)O. The lowest BCUT2D eigenvalue weighted by Crippen LogP contribution is -2.52. The van der Waals surface area contributed by atoms with Crippen LogP contribution in [0.15, 0.2) is 48.5 Å². The number of amides is 2. The highest BCUT2D eigenvalue weighted by atomic mass is 16.5. The summed E-state index contributed by atoms with van der Waals surface area (Å²) in [5.41, 5.74) is 4.43. The molecule has 0 spiro atoms. The molecule has 2 unspecified atom stereocenters. The monoisotopic (exact) mass is 462 g/mol. The lowest BCUT2D eigenvalue weighted by atomic mass is 9.98. The Labute approximate surface area is 199 Å². The molecule has 3 rings (SSSR count). The maximum atomic E-state index is 12.8. The van der Waals surface area contributed by atoms with Gasteiger partial charge in [0.25, 0.3) is 0 Å². The number of alkyl carbamates (subject to hydrolysis) is 1. The molecule has 2 aromatic carbocycles. The average molecular weight is 463 g/mol. The third-order valence-corrected chi connectivity index (χ3v) is 5.76. The van der Waals surface area contributed by atoms with Gasteiger partial charge in [0.2, 0.25) is 5.91 Å². The number of fused-ring (bicyclic) bond motifs is 3. The Balaban J connectivity index is 1.67. The van der Waals surface area contributed by atoms with Crippen molar-refractivity contribution < 1.29 is 24.2 Å². The van der Waals surface area contributed by atoms with Gasteiger partial charge in [0, 0.05) is 12.3 Å². The van der Waals surface area contributed by atoms with Gasteiger partial charge in [-0.15, -0.1) is 11.8 Å². The lowest BCUT2D eigenvalue weighted by molar-refractivity contribution is -0.142. The molecule has 0 heterocycles. The first kappa shape index (κ1) is 24.8. The summed E-state index contributed by atoms with van der Waals surface area (Å²) in [7, 11) is 0. The predicted molar refractivity (Wildman–Crippen MR) is 129 cm³/mol. The van der Waals surface area contributed by atoms with Gasteiger partial charge in [0.1, 0.15) is 18.7 Å². The molecular formula is C27H30N2O5. The van der Waals surface area contributed by atoms with Gasteiger partial charge >= 0.3 is 12.1 Å². The molecule has 0 aliphatic heterocycles. The van der Waals surface area contributed by atoms with Crippen LogP contribution in [0.2, 0.25) is 0 Å². The molecular weight excluding hydrogens is 432 g/mol. The van der Waals surface area contributed by atoms with Crippen LogP contribution in [0, 0.1) is 17.8 Å². The van der Waals surface area contributed by atoms with E-state index in [9.17, 15) is 19.5 Å². The second kappa shape index (κ2) is 11.4. The zero-order chi connectivity index (χ0) is 24.7. The first-order chi connectivity index (χ1) is 16.3. The Kier molecular flexibility index (Phi) is 8.31. The number of rotatable bonds is 9. The van der Waals surface area contributed by atoms with E-state index in [0.717, 1.165) is 22.3 Å². The molecule has 0 saturated heterocycles. The summed E-state index contributed by atoms with van der Waals surface area (Å²) in [6.07, 6.45) is -0.401. The van der Waals surface area contributed by atoms with E-state index >= 15 is 0 Å². The molecule has 34 heavy (non-hydrogen) atoms. The van der Waals surface area contributed by atoms with Crippen LogP contribution in [0.1, 0.15) is 50.7 Å². The number of hydrogen-bond donors (Lipinski definition) is 3. The fourth-order valence-electron chi connectivity index (χ4n) is 4.16. The molecule has 178 valence electrons. The van der Waals surface area contributed by atoms with Crippen molar-refractivity contribution in [2.75, 3.05) is 6.61 Å². The molecule has 2 atom stereocenters. The number of aliphatic carboxylic acids is 1. The minimum atomic E-state index is -1.18. The molecule has 0 bridgehead atoms. The summed E-state index contributed by atoms with van der Waals surface area (Å²) >= 11 is 0. The summed E-state index contributed by atoms with van der Waals surface area (Å²) in [5, 5.41) is 14.5. The highest BCUT2D eigenvalue weighted by Crippen LogP contribution is 2.44. The van der Waals surface area contributed by atoms with Crippen LogP contribution in [0.4, 0.5) is 4.79 Å². The van der Waals surface area contributed by atoms with E-state index in [1.807, 2.05) is 50.2 Å². The van der Waals surface area contributed by atoms with Crippen LogP contribution in [-0.4, -0.2) is 41.8 Å². The quantitative estimate of drug-likeness (QED) is 0.490. The van der Waals surface area contributed by atoms with Crippen LogP contribution in [0.3, 0.4) is 0 Å². The first-order valence-corrected chi connectivity index (χ1v) is 11.4. The molecule has 7 heteroatoms. The number of carboxylic acids is 1. The van der Waals surface area contributed by atoms with Gasteiger partial charge in [0.15, 0.2) is 0 Å². The highest BCUT2D eigenvalue weighted by Gasteiger charge is 2.30.